The maximum atomic E-state index is 5.86. The Morgan fingerprint density at radius 3 is 2.90 bits per heavy atom. The molecule has 0 fully saturated rings. The number of hydrazine groups is 1. The smallest absolute Gasteiger partial charge is 0.119 e. The van der Waals surface area contributed by atoms with Crippen LogP contribution in [-0.2, 0) is 6.42 Å². The van der Waals surface area contributed by atoms with Crippen LogP contribution in [0.15, 0.2) is 48.7 Å². The van der Waals surface area contributed by atoms with E-state index in [1.807, 2.05) is 42.6 Å². The summed E-state index contributed by atoms with van der Waals surface area (Å²) in [4.78, 5) is 4.57. The molecule has 1 aromatic heterocycles. The van der Waals surface area contributed by atoms with Gasteiger partial charge >= 0.3 is 0 Å². The fourth-order valence-corrected chi connectivity index (χ4v) is 3.02. The van der Waals surface area contributed by atoms with Crippen LogP contribution in [0.5, 0.6) is 5.75 Å². The lowest BCUT2D eigenvalue weighted by Gasteiger charge is -2.30. The van der Waals surface area contributed by atoms with E-state index in [2.05, 4.69) is 16.5 Å². The maximum absolute atomic E-state index is 5.86. The van der Waals surface area contributed by atoms with E-state index >= 15 is 0 Å². The standard InChI is InChI=1S/C17H21N3O/c18-20-16(12-21-14-8-2-1-3-9-14)15-10-4-6-13-7-5-11-19-17(13)15/h1-3,5,7-9,11,15-16,20H,4,6,10,12,18H2. The molecule has 4 nitrogen and oxygen atoms in total. The van der Waals surface area contributed by atoms with Crippen molar-refractivity contribution in [2.75, 3.05) is 6.61 Å². The number of aryl methyl sites for hydroxylation is 1. The largest absolute Gasteiger partial charge is 0.492 e. The van der Waals surface area contributed by atoms with Crippen molar-refractivity contribution in [3.63, 3.8) is 0 Å². The highest BCUT2D eigenvalue weighted by atomic mass is 16.5. The Labute approximate surface area is 125 Å². The van der Waals surface area contributed by atoms with Gasteiger partial charge in [0.1, 0.15) is 12.4 Å². The number of hydrogen-bond donors (Lipinski definition) is 2. The van der Waals surface area contributed by atoms with Gasteiger partial charge in [-0.15, -0.1) is 0 Å². The van der Waals surface area contributed by atoms with Crippen molar-refractivity contribution in [2.24, 2.45) is 5.84 Å². The van der Waals surface area contributed by atoms with Gasteiger partial charge in [0, 0.05) is 17.8 Å². The van der Waals surface area contributed by atoms with Crippen LogP contribution in [0.2, 0.25) is 0 Å². The lowest BCUT2D eigenvalue weighted by atomic mass is 9.82. The molecule has 1 heterocycles. The third-order valence-electron chi connectivity index (χ3n) is 4.11. The Bertz CT molecular complexity index is 573. The van der Waals surface area contributed by atoms with Crippen LogP contribution in [0.1, 0.15) is 30.0 Å². The minimum Gasteiger partial charge on any atom is -0.492 e. The molecule has 1 aliphatic carbocycles. The summed E-state index contributed by atoms with van der Waals surface area (Å²) >= 11 is 0. The Morgan fingerprint density at radius 2 is 2.10 bits per heavy atom. The van der Waals surface area contributed by atoms with E-state index in [9.17, 15) is 0 Å². The summed E-state index contributed by atoms with van der Waals surface area (Å²) < 4.78 is 5.86. The van der Waals surface area contributed by atoms with Crippen LogP contribution < -0.4 is 16.0 Å². The number of hydrogen-bond acceptors (Lipinski definition) is 4. The summed E-state index contributed by atoms with van der Waals surface area (Å²) in [6.07, 6.45) is 5.24. The molecule has 0 bridgehead atoms. The fourth-order valence-electron chi connectivity index (χ4n) is 3.02. The van der Waals surface area contributed by atoms with Crippen molar-refractivity contribution in [1.29, 1.82) is 0 Å². The molecule has 4 heteroatoms. The average molecular weight is 283 g/mol. The molecule has 0 aliphatic heterocycles. The van der Waals surface area contributed by atoms with Gasteiger partial charge in [0.2, 0.25) is 0 Å². The van der Waals surface area contributed by atoms with Crippen molar-refractivity contribution in [3.05, 3.63) is 59.9 Å². The average Bonchev–Trinajstić information content (AvgIpc) is 2.56. The van der Waals surface area contributed by atoms with Crippen molar-refractivity contribution in [3.8, 4) is 5.75 Å². The van der Waals surface area contributed by atoms with Gasteiger partial charge in [0.15, 0.2) is 0 Å². The molecule has 21 heavy (non-hydrogen) atoms. The van der Waals surface area contributed by atoms with Crippen molar-refractivity contribution in [1.82, 2.24) is 10.4 Å². The molecule has 3 N–H and O–H groups in total. The number of para-hydroxylation sites is 1. The first-order valence-corrected chi connectivity index (χ1v) is 7.46. The molecule has 0 saturated carbocycles. The molecule has 0 spiro atoms. The highest BCUT2D eigenvalue weighted by molar-refractivity contribution is 5.27. The molecule has 1 aromatic carbocycles. The van der Waals surface area contributed by atoms with E-state index in [-0.39, 0.29) is 6.04 Å². The van der Waals surface area contributed by atoms with Gasteiger partial charge in [0.05, 0.1) is 6.04 Å². The zero-order valence-corrected chi connectivity index (χ0v) is 12.0. The van der Waals surface area contributed by atoms with Gasteiger partial charge in [0.25, 0.3) is 0 Å². The number of benzene rings is 1. The predicted octanol–water partition coefficient (Wildman–Crippen LogP) is 2.41. The number of fused-ring (bicyclic) bond motifs is 1. The van der Waals surface area contributed by atoms with Crippen LogP contribution >= 0.6 is 0 Å². The first kappa shape index (κ1) is 14.0. The molecule has 2 atom stereocenters. The third-order valence-corrected chi connectivity index (χ3v) is 4.11. The number of ether oxygens (including phenoxy) is 1. The van der Waals surface area contributed by atoms with Gasteiger partial charge in [-0.25, -0.2) is 0 Å². The summed E-state index contributed by atoms with van der Waals surface area (Å²) in [5.74, 6) is 6.95. The monoisotopic (exact) mass is 283 g/mol. The lowest BCUT2D eigenvalue weighted by Crippen LogP contribution is -2.45. The third kappa shape index (κ3) is 3.23. The Morgan fingerprint density at radius 1 is 1.24 bits per heavy atom. The minimum absolute atomic E-state index is 0.0687. The lowest BCUT2D eigenvalue weighted by molar-refractivity contribution is 0.233. The Balaban J connectivity index is 1.72. The van der Waals surface area contributed by atoms with E-state index in [1.54, 1.807) is 0 Å². The van der Waals surface area contributed by atoms with Gasteiger partial charge in [-0.1, -0.05) is 24.3 Å². The fraction of sp³-hybridized carbons (Fsp3) is 0.353. The summed E-state index contributed by atoms with van der Waals surface area (Å²) in [5, 5.41) is 0. The van der Waals surface area contributed by atoms with Gasteiger partial charge < -0.3 is 4.74 Å². The maximum Gasteiger partial charge on any atom is 0.119 e. The normalized spacial score (nSPS) is 18.8. The van der Waals surface area contributed by atoms with Crippen molar-refractivity contribution >= 4 is 0 Å². The Kier molecular flexibility index (Phi) is 4.48. The first-order valence-electron chi connectivity index (χ1n) is 7.46. The first-order chi connectivity index (χ1) is 10.4. The van der Waals surface area contributed by atoms with E-state index < -0.39 is 0 Å². The molecule has 2 aromatic rings. The second-order valence-electron chi connectivity index (χ2n) is 5.44. The molecular weight excluding hydrogens is 262 g/mol. The molecule has 0 amide bonds. The van der Waals surface area contributed by atoms with E-state index in [0.717, 1.165) is 18.6 Å². The zero-order valence-electron chi connectivity index (χ0n) is 12.0. The molecule has 3 rings (SSSR count). The van der Waals surface area contributed by atoms with E-state index in [4.69, 9.17) is 10.6 Å². The SMILES string of the molecule is NNC(COc1ccccc1)C1CCCc2cccnc21. The topological polar surface area (TPSA) is 60.2 Å². The number of aromatic nitrogens is 1. The molecule has 0 radical (unpaired) electrons. The number of nitrogens with zero attached hydrogens (tertiary/aromatic N) is 1. The Hall–Kier alpha value is -1.91. The summed E-state index contributed by atoms with van der Waals surface area (Å²) in [6, 6.07) is 14.1. The van der Waals surface area contributed by atoms with Crippen LogP contribution in [-0.4, -0.2) is 17.6 Å². The summed E-state index contributed by atoms with van der Waals surface area (Å²) in [5.41, 5.74) is 5.43. The van der Waals surface area contributed by atoms with Crippen molar-refractivity contribution < 1.29 is 4.74 Å². The number of rotatable bonds is 5. The van der Waals surface area contributed by atoms with Crippen LogP contribution in [0.3, 0.4) is 0 Å². The second-order valence-corrected chi connectivity index (χ2v) is 5.44. The predicted molar refractivity (Wildman–Crippen MR) is 83.0 cm³/mol. The summed E-state index contributed by atoms with van der Waals surface area (Å²) in [6.45, 7) is 0.543. The summed E-state index contributed by atoms with van der Waals surface area (Å²) in [7, 11) is 0. The zero-order chi connectivity index (χ0) is 14.5. The number of nitrogens with two attached hydrogens (primary N) is 1. The molecule has 2 unspecified atom stereocenters. The highest BCUT2D eigenvalue weighted by Gasteiger charge is 2.28. The van der Waals surface area contributed by atoms with Gasteiger partial charge in [-0.3, -0.25) is 16.3 Å². The quantitative estimate of drug-likeness (QED) is 0.653. The van der Waals surface area contributed by atoms with E-state index in [0.29, 0.717) is 12.5 Å². The second kappa shape index (κ2) is 6.70. The van der Waals surface area contributed by atoms with Gasteiger partial charge in [-0.2, -0.15) is 0 Å². The molecule has 0 saturated heterocycles. The van der Waals surface area contributed by atoms with Crippen molar-refractivity contribution in [2.45, 2.75) is 31.2 Å². The molecule has 110 valence electrons. The number of nitrogens with one attached hydrogen (secondary N) is 1. The molecular formula is C17H21N3O. The number of pyridine rings is 1. The van der Waals surface area contributed by atoms with Crippen LogP contribution in [0.4, 0.5) is 0 Å². The van der Waals surface area contributed by atoms with Crippen LogP contribution in [0.25, 0.3) is 0 Å². The van der Waals surface area contributed by atoms with E-state index in [1.165, 1.54) is 17.7 Å². The van der Waals surface area contributed by atoms with Gasteiger partial charge in [-0.05, 0) is 43.0 Å². The van der Waals surface area contributed by atoms with Crippen LogP contribution in [0, 0.1) is 0 Å². The molecule has 1 aliphatic rings. The minimum atomic E-state index is 0.0687. The highest BCUT2D eigenvalue weighted by Crippen LogP contribution is 2.32.